The van der Waals surface area contributed by atoms with Gasteiger partial charge in [-0.05, 0) is 16.7 Å². The standard InChI is InChI=1S/C15H26N2O3/c1-14(2,3)11(16)12(18)17-7-8-9(15(8,4)5)10(17)13(19)20-6/h8-11H,7,16H2,1-6H3/t8-,9-,10?,11+/m0/s1. The highest BCUT2D eigenvalue weighted by molar-refractivity contribution is 5.89. The second-order valence-corrected chi connectivity index (χ2v) is 7.76. The number of esters is 1. The van der Waals surface area contributed by atoms with Crippen LogP contribution < -0.4 is 5.73 Å². The molecule has 1 saturated heterocycles. The van der Waals surface area contributed by atoms with Gasteiger partial charge in [0.1, 0.15) is 6.04 Å². The lowest BCUT2D eigenvalue weighted by Crippen LogP contribution is -2.55. The van der Waals surface area contributed by atoms with Crippen LogP contribution in [-0.4, -0.2) is 42.5 Å². The van der Waals surface area contributed by atoms with Crippen LogP contribution in [0.25, 0.3) is 0 Å². The molecule has 5 nitrogen and oxygen atoms in total. The van der Waals surface area contributed by atoms with Crippen LogP contribution in [0.5, 0.6) is 0 Å². The average Bonchev–Trinajstić information content (AvgIpc) is 2.75. The number of likely N-dealkylation sites (tertiary alicyclic amines) is 1. The van der Waals surface area contributed by atoms with Crippen LogP contribution in [0.3, 0.4) is 0 Å². The molecular weight excluding hydrogens is 256 g/mol. The number of ether oxygens (including phenoxy) is 1. The summed E-state index contributed by atoms with van der Waals surface area (Å²) in [4.78, 5) is 26.3. The average molecular weight is 282 g/mol. The number of carbonyl (C=O) groups is 2. The fraction of sp³-hybridized carbons (Fsp3) is 0.867. The van der Waals surface area contributed by atoms with Crippen molar-refractivity contribution in [1.82, 2.24) is 4.90 Å². The first-order valence-electron chi connectivity index (χ1n) is 7.17. The fourth-order valence-electron chi connectivity index (χ4n) is 3.45. The zero-order valence-electron chi connectivity index (χ0n) is 13.3. The summed E-state index contributed by atoms with van der Waals surface area (Å²) in [6.07, 6.45) is 0. The number of amides is 1. The molecule has 0 bridgehead atoms. The van der Waals surface area contributed by atoms with Crippen molar-refractivity contribution in [3.8, 4) is 0 Å². The number of carbonyl (C=O) groups excluding carboxylic acids is 2. The van der Waals surface area contributed by atoms with E-state index in [9.17, 15) is 9.59 Å². The molecule has 0 spiro atoms. The molecule has 1 amide bonds. The Morgan fingerprint density at radius 1 is 1.35 bits per heavy atom. The predicted octanol–water partition coefficient (Wildman–Crippen LogP) is 1.02. The van der Waals surface area contributed by atoms with Gasteiger partial charge in [0.15, 0.2) is 0 Å². The second-order valence-electron chi connectivity index (χ2n) is 7.76. The van der Waals surface area contributed by atoms with Crippen LogP contribution in [-0.2, 0) is 14.3 Å². The summed E-state index contributed by atoms with van der Waals surface area (Å²) < 4.78 is 4.90. The van der Waals surface area contributed by atoms with Crippen molar-refractivity contribution < 1.29 is 14.3 Å². The topological polar surface area (TPSA) is 72.6 Å². The van der Waals surface area contributed by atoms with E-state index in [1.54, 1.807) is 4.90 Å². The maximum absolute atomic E-state index is 12.6. The van der Waals surface area contributed by atoms with Gasteiger partial charge in [0.05, 0.1) is 13.2 Å². The summed E-state index contributed by atoms with van der Waals surface area (Å²) in [6.45, 7) is 10.7. The highest BCUT2D eigenvalue weighted by atomic mass is 16.5. The third-order valence-electron chi connectivity index (χ3n) is 5.13. The quantitative estimate of drug-likeness (QED) is 0.767. The summed E-state index contributed by atoms with van der Waals surface area (Å²) in [5, 5.41) is 0. The van der Waals surface area contributed by atoms with Gasteiger partial charge in [-0.15, -0.1) is 0 Å². The molecule has 1 aliphatic heterocycles. The molecule has 2 aliphatic rings. The Labute approximate surface area is 120 Å². The number of piperidine rings is 1. The third kappa shape index (κ3) is 2.12. The van der Waals surface area contributed by atoms with Crippen molar-refractivity contribution in [3.05, 3.63) is 0 Å². The smallest absolute Gasteiger partial charge is 0.328 e. The maximum Gasteiger partial charge on any atom is 0.328 e. The Morgan fingerprint density at radius 2 is 1.90 bits per heavy atom. The number of hydrogen-bond acceptors (Lipinski definition) is 4. The number of hydrogen-bond donors (Lipinski definition) is 1. The van der Waals surface area contributed by atoms with Gasteiger partial charge in [-0.2, -0.15) is 0 Å². The Bertz CT molecular complexity index is 439. The minimum absolute atomic E-state index is 0.113. The van der Waals surface area contributed by atoms with E-state index in [-0.39, 0.29) is 28.6 Å². The zero-order chi connectivity index (χ0) is 15.5. The molecule has 4 atom stereocenters. The van der Waals surface area contributed by atoms with Crippen LogP contribution in [0, 0.1) is 22.7 Å². The van der Waals surface area contributed by atoms with Crippen molar-refractivity contribution in [2.45, 2.75) is 46.7 Å². The molecule has 20 heavy (non-hydrogen) atoms. The van der Waals surface area contributed by atoms with Crippen molar-refractivity contribution in [1.29, 1.82) is 0 Å². The van der Waals surface area contributed by atoms with Gasteiger partial charge >= 0.3 is 5.97 Å². The molecule has 5 heteroatoms. The first-order chi connectivity index (χ1) is 9.03. The molecule has 1 heterocycles. The molecular formula is C15H26N2O3. The number of nitrogens with two attached hydrogens (primary N) is 1. The van der Waals surface area contributed by atoms with Crippen LogP contribution in [0.15, 0.2) is 0 Å². The molecule has 0 aromatic carbocycles. The molecule has 0 aromatic rings. The molecule has 2 N–H and O–H groups in total. The minimum Gasteiger partial charge on any atom is -0.467 e. The lowest BCUT2D eigenvalue weighted by molar-refractivity contribution is -0.154. The normalized spacial score (nSPS) is 32.5. The number of methoxy groups -OCH3 is 1. The van der Waals surface area contributed by atoms with E-state index in [1.165, 1.54) is 7.11 Å². The first kappa shape index (κ1) is 15.3. The largest absolute Gasteiger partial charge is 0.467 e. The van der Waals surface area contributed by atoms with E-state index in [0.717, 1.165) is 0 Å². The monoisotopic (exact) mass is 282 g/mol. The van der Waals surface area contributed by atoms with E-state index in [4.69, 9.17) is 10.5 Å². The Hall–Kier alpha value is -1.10. The molecule has 1 unspecified atom stereocenters. The Morgan fingerprint density at radius 3 is 2.35 bits per heavy atom. The van der Waals surface area contributed by atoms with Gasteiger partial charge in [0.25, 0.3) is 0 Å². The van der Waals surface area contributed by atoms with Crippen molar-refractivity contribution in [2.75, 3.05) is 13.7 Å². The SMILES string of the molecule is COC(=O)C1[C@@H]2[C@H](CN1C(=O)[C@@H](N)C(C)(C)C)C2(C)C. The lowest BCUT2D eigenvalue weighted by atomic mass is 9.86. The van der Waals surface area contributed by atoms with Gasteiger partial charge in [-0.1, -0.05) is 34.6 Å². The summed E-state index contributed by atoms with van der Waals surface area (Å²) in [6, 6.07) is -1.07. The summed E-state index contributed by atoms with van der Waals surface area (Å²) in [5.41, 5.74) is 5.86. The molecule has 0 aromatic heterocycles. The fourth-order valence-corrected chi connectivity index (χ4v) is 3.45. The van der Waals surface area contributed by atoms with Gasteiger partial charge in [-0.25, -0.2) is 4.79 Å². The molecule has 114 valence electrons. The number of rotatable bonds is 2. The number of fused-ring (bicyclic) bond motifs is 1. The van der Waals surface area contributed by atoms with Crippen LogP contribution >= 0.6 is 0 Å². The van der Waals surface area contributed by atoms with E-state index in [1.807, 2.05) is 20.8 Å². The highest BCUT2D eigenvalue weighted by Crippen LogP contribution is 2.65. The summed E-state index contributed by atoms with van der Waals surface area (Å²) in [7, 11) is 1.37. The zero-order valence-corrected chi connectivity index (χ0v) is 13.3. The molecule has 2 rings (SSSR count). The summed E-state index contributed by atoms with van der Waals surface area (Å²) >= 11 is 0. The van der Waals surface area contributed by atoms with E-state index in [0.29, 0.717) is 12.5 Å². The second kappa shape index (κ2) is 4.45. The Kier molecular flexibility index (Phi) is 3.40. The molecule has 1 saturated carbocycles. The van der Waals surface area contributed by atoms with Crippen LogP contribution in [0.1, 0.15) is 34.6 Å². The molecule has 0 radical (unpaired) electrons. The van der Waals surface area contributed by atoms with Crippen LogP contribution in [0.2, 0.25) is 0 Å². The lowest BCUT2D eigenvalue weighted by Gasteiger charge is -2.35. The predicted molar refractivity (Wildman–Crippen MR) is 75.7 cm³/mol. The third-order valence-corrected chi connectivity index (χ3v) is 5.13. The van der Waals surface area contributed by atoms with Gasteiger partial charge < -0.3 is 15.4 Å². The van der Waals surface area contributed by atoms with E-state index >= 15 is 0 Å². The minimum atomic E-state index is -0.602. The van der Waals surface area contributed by atoms with Gasteiger partial charge in [0, 0.05) is 12.5 Å². The van der Waals surface area contributed by atoms with Crippen LogP contribution in [0.4, 0.5) is 0 Å². The maximum atomic E-state index is 12.6. The molecule has 1 aliphatic carbocycles. The highest BCUT2D eigenvalue weighted by Gasteiger charge is 2.70. The van der Waals surface area contributed by atoms with Gasteiger partial charge in [0.2, 0.25) is 5.91 Å². The van der Waals surface area contributed by atoms with Gasteiger partial charge in [-0.3, -0.25) is 4.79 Å². The van der Waals surface area contributed by atoms with E-state index in [2.05, 4.69) is 13.8 Å². The van der Waals surface area contributed by atoms with E-state index < -0.39 is 12.1 Å². The van der Waals surface area contributed by atoms with Crippen molar-refractivity contribution in [2.24, 2.45) is 28.4 Å². The molecule has 2 fully saturated rings. The number of nitrogens with zero attached hydrogens (tertiary/aromatic N) is 1. The van der Waals surface area contributed by atoms with Crippen molar-refractivity contribution >= 4 is 11.9 Å². The summed E-state index contributed by atoms with van der Waals surface area (Å²) in [5.74, 6) is 0.113. The van der Waals surface area contributed by atoms with Crippen molar-refractivity contribution in [3.63, 3.8) is 0 Å². The Balaban J connectivity index is 2.21. The first-order valence-corrected chi connectivity index (χ1v) is 7.17.